The molecule has 0 saturated carbocycles. The molecule has 106 valence electrons. The molecule has 0 radical (unpaired) electrons. The van der Waals surface area contributed by atoms with Gasteiger partial charge in [0.05, 0.1) is 11.2 Å². The summed E-state index contributed by atoms with van der Waals surface area (Å²) in [5.74, 6) is 0.482. The van der Waals surface area contributed by atoms with Crippen molar-refractivity contribution in [3.8, 4) is 0 Å². The predicted molar refractivity (Wildman–Crippen MR) is 87.0 cm³/mol. The standard InChI is InChI=1S/C15H12N2O2S2/c18-14-13(9-12-7-4-8-19-12)21-15(20)17(14)16-10-11-5-2-1-3-6-11/h1-9,16H,10H2/b13-9+. The zero-order valence-electron chi connectivity index (χ0n) is 11.0. The van der Waals surface area contributed by atoms with Crippen molar-refractivity contribution in [1.29, 1.82) is 0 Å². The first-order valence-corrected chi connectivity index (χ1v) is 7.55. The van der Waals surface area contributed by atoms with Crippen LogP contribution in [0.1, 0.15) is 11.3 Å². The number of hydrazine groups is 1. The second kappa shape index (κ2) is 6.26. The van der Waals surface area contributed by atoms with Gasteiger partial charge in [0.1, 0.15) is 5.76 Å². The molecule has 4 nitrogen and oxygen atoms in total. The SMILES string of the molecule is O=C1/C(=C\c2ccco2)SC(=S)N1NCc1ccccc1. The molecule has 0 spiro atoms. The molecule has 0 bridgehead atoms. The third kappa shape index (κ3) is 3.24. The number of hydrogen-bond donors (Lipinski definition) is 1. The van der Waals surface area contributed by atoms with E-state index in [0.717, 1.165) is 5.56 Å². The Balaban J connectivity index is 1.69. The van der Waals surface area contributed by atoms with Gasteiger partial charge in [-0.15, -0.1) is 0 Å². The Morgan fingerprint density at radius 2 is 2.05 bits per heavy atom. The molecule has 1 aliphatic heterocycles. The van der Waals surface area contributed by atoms with Crippen LogP contribution in [-0.2, 0) is 11.3 Å². The second-order valence-corrected chi connectivity index (χ2v) is 6.03. The molecule has 3 rings (SSSR count). The van der Waals surface area contributed by atoms with Crippen molar-refractivity contribution in [3.63, 3.8) is 0 Å². The molecule has 0 aliphatic carbocycles. The number of rotatable bonds is 4. The average Bonchev–Trinajstić information content (AvgIpc) is 3.09. The first-order chi connectivity index (χ1) is 10.2. The van der Waals surface area contributed by atoms with Crippen LogP contribution in [-0.4, -0.2) is 15.2 Å². The van der Waals surface area contributed by atoms with Crippen LogP contribution < -0.4 is 5.43 Å². The molecular weight excluding hydrogens is 304 g/mol. The first kappa shape index (κ1) is 14.1. The van der Waals surface area contributed by atoms with E-state index in [4.69, 9.17) is 16.6 Å². The smallest absolute Gasteiger partial charge is 0.280 e. The van der Waals surface area contributed by atoms with Crippen molar-refractivity contribution in [2.24, 2.45) is 0 Å². The molecular formula is C15H12N2O2S2. The summed E-state index contributed by atoms with van der Waals surface area (Å²) >= 11 is 6.50. The highest BCUT2D eigenvalue weighted by Gasteiger charge is 2.32. The van der Waals surface area contributed by atoms with Crippen LogP contribution >= 0.6 is 24.0 Å². The Morgan fingerprint density at radius 3 is 2.76 bits per heavy atom. The number of carbonyl (C=O) groups excluding carboxylic acids is 1. The van der Waals surface area contributed by atoms with Crippen LogP contribution in [0.4, 0.5) is 0 Å². The molecule has 1 aromatic heterocycles. The van der Waals surface area contributed by atoms with Gasteiger partial charge in [-0.05, 0) is 17.7 Å². The summed E-state index contributed by atoms with van der Waals surface area (Å²) in [7, 11) is 0. The summed E-state index contributed by atoms with van der Waals surface area (Å²) in [4.78, 5) is 12.9. The van der Waals surface area contributed by atoms with E-state index in [1.165, 1.54) is 16.8 Å². The zero-order valence-corrected chi connectivity index (χ0v) is 12.6. The van der Waals surface area contributed by atoms with E-state index in [1.807, 2.05) is 30.3 Å². The molecule has 2 heterocycles. The number of thiocarbonyl (C=S) groups is 1. The van der Waals surface area contributed by atoms with Crippen molar-refractivity contribution in [2.75, 3.05) is 0 Å². The maximum Gasteiger partial charge on any atom is 0.280 e. The van der Waals surface area contributed by atoms with Gasteiger partial charge in [-0.2, -0.15) is 0 Å². The first-order valence-electron chi connectivity index (χ1n) is 6.33. The Hall–Kier alpha value is -1.89. The zero-order chi connectivity index (χ0) is 14.7. The fourth-order valence-electron chi connectivity index (χ4n) is 1.87. The molecule has 2 aromatic rings. The molecule has 0 atom stereocenters. The van der Waals surface area contributed by atoms with Gasteiger partial charge in [0, 0.05) is 12.6 Å². The lowest BCUT2D eigenvalue weighted by molar-refractivity contribution is -0.124. The molecule has 1 aliphatic rings. The average molecular weight is 316 g/mol. The van der Waals surface area contributed by atoms with Gasteiger partial charge in [-0.3, -0.25) is 4.79 Å². The van der Waals surface area contributed by atoms with Gasteiger partial charge < -0.3 is 4.42 Å². The van der Waals surface area contributed by atoms with E-state index in [2.05, 4.69) is 5.43 Å². The largest absolute Gasteiger partial charge is 0.465 e. The number of thioether (sulfide) groups is 1. The highest BCUT2D eigenvalue weighted by atomic mass is 32.2. The summed E-state index contributed by atoms with van der Waals surface area (Å²) in [5, 5.41) is 1.40. The molecule has 0 unspecified atom stereocenters. The maximum absolute atomic E-state index is 12.3. The third-order valence-electron chi connectivity index (χ3n) is 2.89. The van der Waals surface area contributed by atoms with Gasteiger partial charge in [0.25, 0.3) is 5.91 Å². The number of carbonyl (C=O) groups is 1. The van der Waals surface area contributed by atoms with Crippen LogP contribution in [0.25, 0.3) is 6.08 Å². The minimum Gasteiger partial charge on any atom is -0.465 e. The van der Waals surface area contributed by atoms with Gasteiger partial charge in [-0.1, -0.05) is 54.3 Å². The number of hydrogen-bond acceptors (Lipinski definition) is 5. The molecule has 1 N–H and O–H groups in total. The molecule has 1 saturated heterocycles. The van der Waals surface area contributed by atoms with Gasteiger partial charge >= 0.3 is 0 Å². The lowest BCUT2D eigenvalue weighted by Gasteiger charge is -2.15. The summed E-state index contributed by atoms with van der Waals surface area (Å²) < 4.78 is 5.71. The normalized spacial score (nSPS) is 17.0. The van der Waals surface area contributed by atoms with E-state index in [-0.39, 0.29) is 5.91 Å². The van der Waals surface area contributed by atoms with Gasteiger partial charge in [-0.25, -0.2) is 10.4 Å². The van der Waals surface area contributed by atoms with Gasteiger partial charge in [0.15, 0.2) is 4.32 Å². The Morgan fingerprint density at radius 1 is 1.24 bits per heavy atom. The van der Waals surface area contributed by atoms with Crippen molar-refractivity contribution in [2.45, 2.75) is 6.54 Å². The predicted octanol–water partition coefficient (Wildman–Crippen LogP) is 3.19. The van der Waals surface area contributed by atoms with Crippen LogP contribution in [0.2, 0.25) is 0 Å². The van der Waals surface area contributed by atoms with Crippen LogP contribution in [0, 0.1) is 0 Å². The quantitative estimate of drug-likeness (QED) is 0.693. The van der Waals surface area contributed by atoms with Crippen LogP contribution in [0.5, 0.6) is 0 Å². The van der Waals surface area contributed by atoms with E-state index < -0.39 is 0 Å². The lowest BCUT2D eigenvalue weighted by Crippen LogP contribution is -2.40. The molecule has 21 heavy (non-hydrogen) atoms. The fraction of sp³-hybridized carbons (Fsp3) is 0.0667. The molecule has 1 fully saturated rings. The lowest BCUT2D eigenvalue weighted by atomic mass is 10.2. The highest BCUT2D eigenvalue weighted by molar-refractivity contribution is 8.26. The van der Waals surface area contributed by atoms with E-state index in [0.29, 0.717) is 21.5 Å². The third-order valence-corrected chi connectivity index (χ3v) is 4.20. The van der Waals surface area contributed by atoms with Crippen LogP contribution in [0.3, 0.4) is 0 Å². The summed E-state index contributed by atoms with van der Waals surface area (Å²) in [6, 6.07) is 13.4. The fourth-order valence-corrected chi connectivity index (χ4v) is 3.07. The monoisotopic (exact) mass is 316 g/mol. The number of nitrogens with one attached hydrogen (secondary N) is 1. The Labute approximate surface area is 131 Å². The van der Waals surface area contributed by atoms with E-state index in [9.17, 15) is 4.79 Å². The van der Waals surface area contributed by atoms with Crippen molar-refractivity contribution >= 4 is 40.3 Å². The minimum absolute atomic E-state index is 0.155. The van der Waals surface area contributed by atoms with Crippen molar-refractivity contribution in [1.82, 2.24) is 10.4 Å². The Bertz CT molecular complexity index is 681. The topological polar surface area (TPSA) is 45.5 Å². The summed E-state index contributed by atoms with van der Waals surface area (Å²) in [5.41, 5.74) is 4.14. The van der Waals surface area contributed by atoms with E-state index >= 15 is 0 Å². The van der Waals surface area contributed by atoms with Crippen molar-refractivity contribution < 1.29 is 9.21 Å². The summed E-state index contributed by atoms with van der Waals surface area (Å²) in [6.07, 6.45) is 3.27. The Kier molecular flexibility index (Phi) is 4.19. The van der Waals surface area contributed by atoms with E-state index in [1.54, 1.807) is 24.5 Å². The number of benzene rings is 1. The van der Waals surface area contributed by atoms with Crippen molar-refractivity contribution in [3.05, 3.63) is 65.0 Å². The summed E-state index contributed by atoms with van der Waals surface area (Å²) in [6.45, 7) is 0.543. The highest BCUT2D eigenvalue weighted by Crippen LogP contribution is 2.31. The van der Waals surface area contributed by atoms with Crippen LogP contribution in [0.15, 0.2) is 58.1 Å². The maximum atomic E-state index is 12.3. The molecule has 1 amide bonds. The van der Waals surface area contributed by atoms with Gasteiger partial charge in [0.2, 0.25) is 0 Å². The number of amides is 1. The number of furan rings is 1. The minimum atomic E-state index is -0.155. The second-order valence-electron chi connectivity index (χ2n) is 4.35. The molecule has 1 aromatic carbocycles. The molecule has 6 heteroatoms. The number of nitrogens with zero attached hydrogens (tertiary/aromatic N) is 1.